The van der Waals surface area contributed by atoms with Gasteiger partial charge in [-0.25, -0.2) is 4.79 Å². The van der Waals surface area contributed by atoms with Gasteiger partial charge in [-0.15, -0.1) is 11.8 Å². The fraction of sp³-hybridized carbons (Fsp3) is 0.286. The van der Waals surface area contributed by atoms with Gasteiger partial charge in [0, 0.05) is 63.5 Å². The van der Waals surface area contributed by atoms with E-state index in [0.29, 0.717) is 37.6 Å². The minimum atomic E-state index is -1.31. The molecular weight excluding hydrogens is 656 g/mol. The molecule has 0 bridgehead atoms. The lowest BCUT2D eigenvalue weighted by Crippen LogP contribution is -2.41. The number of rotatable bonds is 14. The maximum atomic E-state index is 13.3. The van der Waals surface area contributed by atoms with Gasteiger partial charge in [-0.2, -0.15) is 5.10 Å². The van der Waals surface area contributed by atoms with Crippen molar-refractivity contribution in [3.8, 4) is 16.9 Å². The molecule has 0 fully saturated rings. The number of nitrogens with zero attached hydrogens (tertiary/aromatic N) is 3. The summed E-state index contributed by atoms with van der Waals surface area (Å²) in [6.07, 6.45) is 4.00. The lowest BCUT2D eigenvalue weighted by molar-refractivity contribution is -0.140. The van der Waals surface area contributed by atoms with Crippen molar-refractivity contribution in [1.82, 2.24) is 15.1 Å². The predicted molar refractivity (Wildman–Crippen MR) is 183 cm³/mol. The van der Waals surface area contributed by atoms with Gasteiger partial charge in [-0.05, 0) is 55.7 Å². The van der Waals surface area contributed by atoms with Crippen molar-refractivity contribution in [3.63, 3.8) is 0 Å². The highest BCUT2D eigenvalue weighted by Crippen LogP contribution is 2.42. The Kier molecular flexibility index (Phi) is 11.4. The van der Waals surface area contributed by atoms with Crippen molar-refractivity contribution in [2.24, 2.45) is 0 Å². The lowest BCUT2D eigenvalue weighted by Gasteiger charge is -2.30. The van der Waals surface area contributed by atoms with Crippen LogP contribution in [0.3, 0.4) is 0 Å². The molecule has 4 aromatic rings. The lowest BCUT2D eigenvalue weighted by atomic mass is 10.1. The van der Waals surface area contributed by atoms with Crippen LogP contribution in [-0.2, 0) is 20.9 Å². The Labute approximate surface area is 286 Å². The molecule has 11 nitrogen and oxygen atoms in total. The third-order valence-electron chi connectivity index (χ3n) is 7.89. The number of carboxylic acids is 2. The van der Waals surface area contributed by atoms with Gasteiger partial charge in [0.15, 0.2) is 0 Å². The first-order chi connectivity index (χ1) is 23.1. The minimum absolute atomic E-state index is 0.0382. The highest BCUT2D eigenvalue weighted by Gasteiger charge is 2.26. The quantitative estimate of drug-likeness (QED) is 0.137. The fourth-order valence-electron chi connectivity index (χ4n) is 5.37. The van der Waals surface area contributed by atoms with Crippen molar-refractivity contribution < 1.29 is 34.1 Å². The van der Waals surface area contributed by atoms with Gasteiger partial charge in [-0.3, -0.25) is 19.1 Å². The van der Waals surface area contributed by atoms with E-state index in [9.17, 15) is 24.3 Å². The Morgan fingerprint density at radius 1 is 1.06 bits per heavy atom. The molecule has 0 aliphatic carbocycles. The summed E-state index contributed by atoms with van der Waals surface area (Å²) in [6.45, 7) is 3.28. The number of fused-ring (bicyclic) bond motifs is 1. The maximum absolute atomic E-state index is 13.3. The Hall–Kier alpha value is -4.81. The van der Waals surface area contributed by atoms with Gasteiger partial charge in [-0.1, -0.05) is 41.9 Å². The second-order valence-corrected chi connectivity index (χ2v) is 12.8. The molecule has 250 valence electrons. The number of hydrogen-bond acceptors (Lipinski definition) is 7. The maximum Gasteiger partial charge on any atom is 0.326 e. The number of aromatic nitrogens is 2. The zero-order chi connectivity index (χ0) is 34.2. The van der Waals surface area contributed by atoms with Crippen LogP contribution >= 0.6 is 23.4 Å². The number of carbonyl (C=O) groups is 4. The zero-order valence-electron chi connectivity index (χ0n) is 26.2. The summed E-state index contributed by atoms with van der Waals surface area (Å²) in [5.74, 6) is -1.53. The zero-order valence-corrected chi connectivity index (χ0v) is 27.8. The summed E-state index contributed by atoms with van der Waals surface area (Å²) in [6, 6.07) is 16.9. The molecule has 0 saturated heterocycles. The predicted octanol–water partition coefficient (Wildman–Crippen LogP) is 5.91. The number of ether oxygens (including phenoxy) is 1. The molecule has 1 aliphatic rings. The van der Waals surface area contributed by atoms with Crippen molar-refractivity contribution in [2.75, 3.05) is 23.8 Å². The Morgan fingerprint density at radius 2 is 1.85 bits per heavy atom. The Bertz CT molecular complexity index is 1830. The van der Waals surface area contributed by atoms with Gasteiger partial charge in [0.25, 0.3) is 5.91 Å². The van der Waals surface area contributed by atoms with E-state index in [-0.39, 0.29) is 24.3 Å². The van der Waals surface area contributed by atoms with Crippen LogP contribution < -0.4 is 15.0 Å². The first-order valence-corrected chi connectivity index (χ1v) is 16.8. The summed E-state index contributed by atoms with van der Waals surface area (Å²) in [5.41, 5.74) is 4.62. The summed E-state index contributed by atoms with van der Waals surface area (Å²) in [5, 5.41) is 25.9. The molecular formula is C35H35ClN4O7S. The average Bonchev–Trinajstić information content (AvgIpc) is 3.54. The molecule has 48 heavy (non-hydrogen) atoms. The van der Waals surface area contributed by atoms with Crippen LogP contribution in [0.2, 0.25) is 5.02 Å². The van der Waals surface area contributed by atoms with E-state index in [2.05, 4.69) is 10.4 Å². The minimum Gasteiger partial charge on any atom is -0.493 e. The van der Waals surface area contributed by atoms with E-state index in [4.69, 9.17) is 21.4 Å². The number of anilines is 1. The average molecular weight is 691 g/mol. The van der Waals surface area contributed by atoms with Crippen LogP contribution in [0.1, 0.15) is 47.2 Å². The SMILES string of the molecule is Cc1c(Cl)cccc1OCCCC(=O)N1CCSc2c(-c3cnn(Cc4cccc(C(=O)N[C@@H](CCC(=O)O)C(=O)O)c4)c3)cccc21. The molecule has 1 aromatic heterocycles. The van der Waals surface area contributed by atoms with E-state index in [1.165, 1.54) is 0 Å². The van der Waals surface area contributed by atoms with Crippen molar-refractivity contribution >= 4 is 52.8 Å². The molecule has 5 rings (SSSR count). The van der Waals surface area contributed by atoms with Crippen LogP contribution in [-0.4, -0.2) is 68.7 Å². The molecule has 2 heterocycles. The van der Waals surface area contributed by atoms with E-state index >= 15 is 0 Å². The highest BCUT2D eigenvalue weighted by molar-refractivity contribution is 7.99. The number of carboxylic acid groups (broad SMARTS) is 2. The number of amides is 2. The molecule has 1 aliphatic heterocycles. The summed E-state index contributed by atoms with van der Waals surface area (Å²) < 4.78 is 7.62. The molecule has 0 spiro atoms. The Balaban J connectivity index is 1.23. The second kappa shape index (κ2) is 15.9. The molecule has 0 saturated carbocycles. The van der Waals surface area contributed by atoms with Crippen LogP contribution in [0.15, 0.2) is 78.0 Å². The number of halogens is 1. The van der Waals surface area contributed by atoms with E-state index in [0.717, 1.165) is 44.3 Å². The van der Waals surface area contributed by atoms with Gasteiger partial charge < -0.3 is 25.2 Å². The molecule has 13 heteroatoms. The highest BCUT2D eigenvalue weighted by atomic mass is 35.5. The van der Waals surface area contributed by atoms with Gasteiger partial charge in [0.2, 0.25) is 5.91 Å². The monoisotopic (exact) mass is 690 g/mol. The number of carbonyl (C=O) groups excluding carboxylic acids is 2. The third kappa shape index (κ3) is 8.55. The van der Waals surface area contributed by atoms with Crippen molar-refractivity contribution in [2.45, 2.75) is 50.1 Å². The topological polar surface area (TPSA) is 151 Å². The molecule has 0 unspecified atom stereocenters. The summed E-state index contributed by atoms with van der Waals surface area (Å²) in [4.78, 5) is 51.3. The summed E-state index contributed by atoms with van der Waals surface area (Å²) >= 11 is 7.89. The molecule has 3 aromatic carbocycles. The van der Waals surface area contributed by atoms with E-state index < -0.39 is 23.9 Å². The largest absolute Gasteiger partial charge is 0.493 e. The number of aliphatic carboxylic acids is 2. The van der Waals surface area contributed by atoms with Crippen LogP contribution in [0.5, 0.6) is 5.75 Å². The molecule has 0 radical (unpaired) electrons. The second-order valence-electron chi connectivity index (χ2n) is 11.3. The molecule has 1 atom stereocenters. The molecule has 2 amide bonds. The Morgan fingerprint density at radius 3 is 2.65 bits per heavy atom. The third-order valence-corrected chi connectivity index (χ3v) is 9.40. The van der Waals surface area contributed by atoms with Gasteiger partial charge in [0.1, 0.15) is 11.8 Å². The standard InChI is InChI=1S/C35H35ClN4O7S/c1-22-27(36)9-4-11-30(22)47-16-5-12-31(41)40-15-17-48-33-26(8-3-10-29(33)40)25-19-37-39(21-25)20-23-6-2-7-24(18-23)34(44)38-28(35(45)46)13-14-32(42)43/h2-4,6-11,18-19,21,28H,5,12-17,20H2,1H3,(H,38,44)(H,42,43)(H,45,46)/t28-/m0/s1. The first-order valence-electron chi connectivity index (χ1n) is 15.4. The smallest absolute Gasteiger partial charge is 0.326 e. The number of benzene rings is 3. The number of nitrogens with one attached hydrogen (secondary N) is 1. The fourth-order valence-corrected chi connectivity index (χ4v) is 6.68. The van der Waals surface area contributed by atoms with Crippen molar-refractivity contribution in [1.29, 1.82) is 0 Å². The number of thioether (sulfide) groups is 1. The van der Waals surface area contributed by atoms with Crippen LogP contribution in [0.25, 0.3) is 11.1 Å². The van der Waals surface area contributed by atoms with Crippen LogP contribution in [0, 0.1) is 6.92 Å². The van der Waals surface area contributed by atoms with Gasteiger partial charge >= 0.3 is 11.9 Å². The van der Waals surface area contributed by atoms with Crippen LogP contribution in [0.4, 0.5) is 5.69 Å². The molecule has 3 N–H and O–H groups in total. The van der Waals surface area contributed by atoms with Gasteiger partial charge in [0.05, 0.1) is 25.0 Å². The normalized spacial score (nSPS) is 13.0. The van der Waals surface area contributed by atoms with E-state index in [1.807, 2.05) is 60.5 Å². The van der Waals surface area contributed by atoms with E-state index in [1.54, 1.807) is 40.8 Å². The van der Waals surface area contributed by atoms with Crippen molar-refractivity contribution in [3.05, 3.63) is 94.8 Å². The first kappa shape index (κ1) is 34.5. The summed E-state index contributed by atoms with van der Waals surface area (Å²) in [7, 11) is 0. The number of hydrogen-bond donors (Lipinski definition) is 3.